The highest BCUT2D eigenvalue weighted by molar-refractivity contribution is 5.94. The second-order valence-electron chi connectivity index (χ2n) is 6.82. The van der Waals surface area contributed by atoms with E-state index in [2.05, 4.69) is 15.1 Å². The van der Waals surface area contributed by atoms with Gasteiger partial charge in [-0.2, -0.15) is 4.98 Å². The fraction of sp³-hybridized carbons (Fsp3) is 0.333. The summed E-state index contributed by atoms with van der Waals surface area (Å²) in [5.74, 6) is 1.30. The summed E-state index contributed by atoms with van der Waals surface area (Å²) >= 11 is 0. The fourth-order valence-corrected chi connectivity index (χ4v) is 3.28. The van der Waals surface area contributed by atoms with E-state index in [-0.39, 0.29) is 11.8 Å². The second kappa shape index (κ2) is 8.75. The summed E-state index contributed by atoms with van der Waals surface area (Å²) in [5, 5.41) is 4.05. The average Bonchev–Trinajstić information content (AvgIpc) is 3.42. The van der Waals surface area contributed by atoms with Crippen molar-refractivity contribution < 1.29 is 14.1 Å². The van der Waals surface area contributed by atoms with E-state index in [0.29, 0.717) is 50.0 Å². The molecule has 0 radical (unpaired) electrons. The standard InChI is InChI=1S/C21H22N4O3/c26-21(17-7-4-10-22-13-17)25-11-8-18(14-25)20-23-19(24-28-20)9-12-27-15-16-5-2-1-3-6-16/h1-7,10,13,18H,8-9,11-12,14-15H2. The smallest absolute Gasteiger partial charge is 0.255 e. The lowest BCUT2D eigenvalue weighted by Crippen LogP contribution is -2.28. The van der Waals surface area contributed by atoms with Gasteiger partial charge in [0, 0.05) is 31.9 Å². The third-order valence-electron chi connectivity index (χ3n) is 4.80. The van der Waals surface area contributed by atoms with Gasteiger partial charge in [0.2, 0.25) is 5.89 Å². The molecule has 7 heteroatoms. The molecule has 4 rings (SSSR count). The molecule has 1 amide bonds. The number of aromatic nitrogens is 3. The first-order valence-electron chi connectivity index (χ1n) is 9.43. The molecule has 144 valence electrons. The van der Waals surface area contributed by atoms with Crippen molar-refractivity contribution >= 4 is 5.91 Å². The molecule has 3 aromatic rings. The largest absolute Gasteiger partial charge is 0.376 e. The zero-order valence-electron chi connectivity index (χ0n) is 15.5. The summed E-state index contributed by atoms with van der Waals surface area (Å²) in [4.78, 5) is 22.8. The molecule has 1 atom stereocenters. The van der Waals surface area contributed by atoms with E-state index in [1.807, 2.05) is 35.2 Å². The van der Waals surface area contributed by atoms with Crippen molar-refractivity contribution in [1.82, 2.24) is 20.0 Å². The van der Waals surface area contributed by atoms with Gasteiger partial charge in [-0.15, -0.1) is 0 Å². The molecule has 1 saturated heterocycles. The molecule has 1 unspecified atom stereocenters. The molecule has 28 heavy (non-hydrogen) atoms. The highest BCUT2D eigenvalue weighted by atomic mass is 16.5. The number of carbonyl (C=O) groups is 1. The Bertz CT molecular complexity index is 898. The topological polar surface area (TPSA) is 81.4 Å². The number of ether oxygens (including phenoxy) is 1. The molecule has 3 heterocycles. The SMILES string of the molecule is O=C(c1cccnc1)N1CCC(c2nc(CCOCc3ccccc3)no2)C1. The van der Waals surface area contributed by atoms with Gasteiger partial charge in [0.15, 0.2) is 5.82 Å². The highest BCUT2D eigenvalue weighted by Crippen LogP contribution is 2.27. The summed E-state index contributed by atoms with van der Waals surface area (Å²) in [7, 11) is 0. The van der Waals surface area contributed by atoms with Crippen LogP contribution in [0.1, 0.15) is 40.0 Å². The monoisotopic (exact) mass is 378 g/mol. The number of likely N-dealkylation sites (tertiary alicyclic amines) is 1. The van der Waals surface area contributed by atoms with E-state index in [4.69, 9.17) is 9.26 Å². The van der Waals surface area contributed by atoms with Gasteiger partial charge in [-0.25, -0.2) is 0 Å². The van der Waals surface area contributed by atoms with Gasteiger partial charge in [0.1, 0.15) is 0 Å². The molecule has 1 fully saturated rings. The zero-order chi connectivity index (χ0) is 19.2. The number of hydrogen-bond donors (Lipinski definition) is 0. The Balaban J connectivity index is 1.26. The molecule has 0 spiro atoms. The van der Waals surface area contributed by atoms with E-state index in [1.165, 1.54) is 0 Å². The molecule has 1 aromatic carbocycles. The number of hydrogen-bond acceptors (Lipinski definition) is 6. The Morgan fingerprint density at radius 1 is 1.21 bits per heavy atom. The van der Waals surface area contributed by atoms with Crippen LogP contribution >= 0.6 is 0 Å². The summed E-state index contributed by atoms with van der Waals surface area (Å²) in [5.41, 5.74) is 1.74. The lowest BCUT2D eigenvalue weighted by Gasteiger charge is -2.15. The zero-order valence-corrected chi connectivity index (χ0v) is 15.5. The lowest BCUT2D eigenvalue weighted by atomic mass is 10.1. The van der Waals surface area contributed by atoms with Crippen LogP contribution in [0.5, 0.6) is 0 Å². The Labute approximate surface area is 163 Å². The molecule has 0 aliphatic carbocycles. The summed E-state index contributed by atoms with van der Waals surface area (Å²) in [6.07, 6.45) is 4.67. The molecular weight excluding hydrogens is 356 g/mol. The first-order chi connectivity index (χ1) is 13.8. The van der Waals surface area contributed by atoms with Gasteiger partial charge >= 0.3 is 0 Å². The van der Waals surface area contributed by atoms with Crippen LogP contribution in [0.3, 0.4) is 0 Å². The maximum Gasteiger partial charge on any atom is 0.255 e. The fourth-order valence-electron chi connectivity index (χ4n) is 3.28. The first kappa shape index (κ1) is 18.3. The van der Waals surface area contributed by atoms with Crippen LogP contribution in [0.4, 0.5) is 0 Å². The Hall–Kier alpha value is -3.06. The number of amides is 1. The maximum atomic E-state index is 12.5. The van der Waals surface area contributed by atoms with Crippen LogP contribution in [-0.2, 0) is 17.8 Å². The van der Waals surface area contributed by atoms with Crippen molar-refractivity contribution in [2.75, 3.05) is 19.7 Å². The Kier molecular flexibility index (Phi) is 5.72. The number of pyridine rings is 1. The number of carbonyl (C=O) groups excluding carboxylic acids is 1. The molecule has 1 aliphatic heterocycles. The first-order valence-corrected chi connectivity index (χ1v) is 9.43. The molecule has 1 aliphatic rings. The average molecular weight is 378 g/mol. The third-order valence-corrected chi connectivity index (χ3v) is 4.80. The molecule has 0 bridgehead atoms. The van der Waals surface area contributed by atoms with Crippen LogP contribution in [0.15, 0.2) is 59.4 Å². The summed E-state index contributed by atoms with van der Waals surface area (Å²) in [6, 6.07) is 13.6. The van der Waals surface area contributed by atoms with Gasteiger partial charge in [0.05, 0.1) is 24.7 Å². The van der Waals surface area contributed by atoms with E-state index < -0.39 is 0 Å². The minimum Gasteiger partial charge on any atom is -0.376 e. The van der Waals surface area contributed by atoms with Gasteiger partial charge in [-0.3, -0.25) is 9.78 Å². The Morgan fingerprint density at radius 3 is 2.93 bits per heavy atom. The van der Waals surface area contributed by atoms with Crippen molar-refractivity contribution in [2.24, 2.45) is 0 Å². The van der Waals surface area contributed by atoms with Gasteiger partial charge in [0.25, 0.3) is 5.91 Å². The highest BCUT2D eigenvalue weighted by Gasteiger charge is 2.31. The molecule has 2 aromatic heterocycles. The Morgan fingerprint density at radius 2 is 2.11 bits per heavy atom. The van der Waals surface area contributed by atoms with Gasteiger partial charge < -0.3 is 14.2 Å². The summed E-state index contributed by atoms with van der Waals surface area (Å²) < 4.78 is 11.1. The number of rotatable bonds is 7. The van der Waals surface area contributed by atoms with E-state index >= 15 is 0 Å². The van der Waals surface area contributed by atoms with Gasteiger partial charge in [-0.1, -0.05) is 35.5 Å². The molecule has 7 nitrogen and oxygen atoms in total. The van der Waals surface area contributed by atoms with Gasteiger partial charge in [-0.05, 0) is 24.1 Å². The van der Waals surface area contributed by atoms with Crippen LogP contribution < -0.4 is 0 Å². The number of nitrogens with zero attached hydrogens (tertiary/aromatic N) is 4. The van der Waals surface area contributed by atoms with E-state index in [1.54, 1.807) is 24.5 Å². The molecule has 0 N–H and O–H groups in total. The van der Waals surface area contributed by atoms with Crippen molar-refractivity contribution in [1.29, 1.82) is 0 Å². The predicted molar refractivity (Wildman–Crippen MR) is 102 cm³/mol. The van der Waals surface area contributed by atoms with Crippen LogP contribution in [0.2, 0.25) is 0 Å². The molecule has 0 saturated carbocycles. The van der Waals surface area contributed by atoms with Crippen LogP contribution in [-0.4, -0.2) is 45.6 Å². The minimum atomic E-state index is -0.00958. The van der Waals surface area contributed by atoms with Crippen LogP contribution in [0.25, 0.3) is 0 Å². The molecular formula is C21H22N4O3. The van der Waals surface area contributed by atoms with E-state index in [9.17, 15) is 4.79 Å². The number of benzene rings is 1. The third kappa shape index (κ3) is 4.43. The van der Waals surface area contributed by atoms with Crippen molar-refractivity contribution in [3.8, 4) is 0 Å². The van der Waals surface area contributed by atoms with Crippen LogP contribution in [0, 0.1) is 0 Å². The lowest BCUT2D eigenvalue weighted by molar-refractivity contribution is 0.0789. The normalized spacial score (nSPS) is 16.4. The van der Waals surface area contributed by atoms with Crippen molar-refractivity contribution in [2.45, 2.75) is 25.4 Å². The van der Waals surface area contributed by atoms with Crippen molar-refractivity contribution in [3.63, 3.8) is 0 Å². The predicted octanol–water partition coefficient (Wildman–Crippen LogP) is 2.85. The maximum absolute atomic E-state index is 12.5. The van der Waals surface area contributed by atoms with Crippen molar-refractivity contribution in [3.05, 3.63) is 77.7 Å². The minimum absolute atomic E-state index is 0.00958. The quantitative estimate of drug-likeness (QED) is 0.588. The second-order valence-corrected chi connectivity index (χ2v) is 6.82. The van der Waals surface area contributed by atoms with E-state index in [0.717, 1.165) is 12.0 Å². The summed E-state index contributed by atoms with van der Waals surface area (Å²) in [6.45, 7) is 2.36.